The van der Waals surface area contributed by atoms with Crippen molar-refractivity contribution in [2.45, 2.75) is 13.0 Å². The number of nitro groups is 1. The minimum absolute atomic E-state index is 0.122. The van der Waals surface area contributed by atoms with Gasteiger partial charge in [0.15, 0.2) is 6.04 Å². The molecule has 0 saturated carbocycles. The van der Waals surface area contributed by atoms with Crippen LogP contribution in [0.25, 0.3) is 0 Å². The van der Waals surface area contributed by atoms with Gasteiger partial charge in [0.25, 0.3) is 5.69 Å². The number of nitro benzene ring substituents is 1. The van der Waals surface area contributed by atoms with E-state index in [1.54, 1.807) is 31.2 Å². The van der Waals surface area contributed by atoms with Crippen LogP contribution in [0.2, 0.25) is 0 Å². The number of nitriles is 1. The molecule has 0 spiro atoms. The van der Waals surface area contributed by atoms with Crippen LogP contribution in [0.15, 0.2) is 42.5 Å². The molecule has 2 aromatic carbocycles. The molecule has 0 amide bonds. The van der Waals surface area contributed by atoms with Crippen molar-refractivity contribution in [3.05, 3.63) is 63.7 Å². The molecule has 1 atom stereocenters. The lowest BCUT2D eigenvalue weighted by Gasteiger charge is -2.19. The van der Waals surface area contributed by atoms with Gasteiger partial charge in [-0.25, -0.2) is 4.79 Å². The van der Waals surface area contributed by atoms with Crippen molar-refractivity contribution >= 4 is 17.3 Å². The molecule has 0 aliphatic heterocycles. The van der Waals surface area contributed by atoms with E-state index < -0.39 is 16.9 Å². The van der Waals surface area contributed by atoms with Crippen LogP contribution in [-0.4, -0.2) is 24.6 Å². The van der Waals surface area contributed by atoms with Gasteiger partial charge in [-0.2, -0.15) is 5.26 Å². The van der Waals surface area contributed by atoms with Crippen molar-refractivity contribution in [3.63, 3.8) is 0 Å². The van der Waals surface area contributed by atoms with Crippen LogP contribution in [0.3, 0.4) is 0 Å². The third-order valence-electron chi connectivity index (χ3n) is 3.58. The van der Waals surface area contributed by atoms with E-state index in [1.165, 1.54) is 25.3 Å². The van der Waals surface area contributed by atoms with Crippen LogP contribution < -0.4 is 10.1 Å². The fraction of sp³-hybridized carbons (Fsp3) is 0.222. The van der Waals surface area contributed by atoms with Gasteiger partial charge in [0, 0.05) is 11.8 Å². The molecule has 0 radical (unpaired) electrons. The van der Waals surface area contributed by atoms with Gasteiger partial charge in [-0.05, 0) is 43.3 Å². The predicted octanol–water partition coefficient (Wildman–Crippen LogP) is 3.19. The number of hydrogen-bond donors (Lipinski definition) is 1. The minimum atomic E-state index is -1.12. The Labute approximate surface area is 150 Å². The third-order valence-corrected chi connectivity index (χ3v) is 3.58. The highest BCUT2D eigenvalue weighted by Crippen LogP contribution is 2.32. The summed E-state index contributed by atoms with van der Waals surface area (Å²) in [7, 11) is 1.20. The number of carbonyl (C=O) groups excluding carboxylic acids is 1. The van der Waals surface area contributed by atoms with Gasteiger partial charge >= 0.3 is 5.97 Å². The van der Waals surface area contributed by atoms with E-state index in [1.807, 2.05) is 6.07 Å². The fourth-order valence-electron chi connectivity index (χ4n) is 2.38. The number of anilines is 1. The van der Waals surface area contributed by atoms with Crippen LogP contribution in [0.4, 0.5) is 11.4 Å². The van der Waals surface area contributed by atoms with Crippen molar-refractivity contribution in [2.75, 3.05) is 19.0 Å². The van der Waals surface area contributed by atoms with Crippen LogP contribution in [0, 0.1) is 21.4 Å². The minimum Gasteiger partial charge on any atom is -0.494 e. The van der Waals surface area contributed by atoms with E-state index in [0.717, 1.165) is 0 Å². The third kappa shape index (κ3) is 4.27. The lowest BCUT2D eigenvalue weighted by molar-refractivity contribution is -0.385. The molecule has 0 bridgehead atoms. The summed E-state index contributed by atoms with van der Waals surface area (Å²) in [6.45, 7) is 2.16. The number of benzene rings is 2. The highest BCUT2D eigenvalue weighted by Gasteiger charge is 2.29. The molecule has 8 nitrogen and oxygen atoms in total. The summed E-state index contributed by atoms with van der Waals surface area (Å²) in [5.74, 6) is -0.283. The molecule has 2 aromatic rings. The summed E-state index contributed by atoms with van der Waals surface area (Å²) in [6.07, 6.45) is 0. The van der Waals surface area contributed by atoms with Gasteiger partial charge in [0.2, 0.25) is 0 Å². The SMILES string of the molecule is CCOc1ccc([N+](=O)[O-])c(C(Nc2ccc(C#N)cc2)C(=O)OC)c1. The number of rotatable bonds is 7. The molecule has 0 saturated heterocycles. The van der Waals surface area contributed by atoms with E-state index in [4.69, 9.17) is 14.7 Å². The van der Waals surface area contributed by atoms with E-state index in [9.17, 15) is 14.9 Å². The van der Waals surface area contributed by atoms with E-state index >= 15 is 0 Å². The number of esters is 1. The average molecular weight is 355 g/mol. The Kier molecular flexibility index (Phi) is 6.11. The molecule has 0 heterocycles. The molecular weight excluding hydrogens is 338 g/mol. The second-order valence-electron chi connectivity index (χ2n) is 5.20. The van der Waals surface area contributed by atoms with Crippen molar-refractivity contribution in [1.82, 2.24) is 0 Å². The summed E-state index contributed by atoms with van der Waals surface area (Å²) >= 11 is 0. The molecule has 0 aliphatic rings. The Morgan fingerprint density at radius 2 is 2.00 bits per heavy atom. The number of carbonyl (C=O) groups is 1. The molecule has 134 valence electrons. The molecular formula is C18H17N3O5. The van der Waals surface area contributed by atoms with Gasteiger partial charge in [0.1, 0.15) is 5.75 Å². The summed E-state index contributed by atoms with van der Waals surface area (Å²) in [6, 6.07) is 11.4. The molecule has 2 rings (SSSR count). The number of hydrogen-bond acceptors (Lipinski definition) is 7. The first-order valence-corrected chi connectivity index (χ1v) is 7.75. The zero-order valence-corrected chi connectivity index (χ0v) is 14.3. The van der Waals surface area contributed by atoms with Gasteiger partial charge in [-0.15, -0.1) is 0 Å². The molecule has 0 aliphatic carbocycles. The quantitative estimate of drug-likeness (QED) is 0.461. The number of nitrogens with zero attached hydrogens (tertiary/aromatic N) is 2. The first-order valence-electron chi connectivity index (χ1n) is 7.75. The van der Waals surface area contributed by atoms with Crippen LogP contribution >= 0.6 is 0 Å². The summed E-state index contributed by atoms with van der Waals surface area (Å²) in [5.41, 5.74) is 0.854. The lowest BCUT2D eigenvalue weighted by Crippen LogP contribution is -2.23. The average Bonchev–Trinajstić information content (AvgIpc) is 2.66. The van der Waals surface area contributed by atoms with Crippen LogP contribution in [0.1, 0.15) is 24.1 Å². The number of methoxy groups -OCH3 is 1. The maximum atomic E-state index is 12.3. The molecule has 1 unspecified atom stereocenters. The van der Waals surface area contributed by atoms with Gasteiger partial charge in [-0.3, -0.25) is 10.1 Å². The first-order chi connectivity index (χ1) is 12.5. The van der Waals surface area contributed by atoms with Crippen LogP contribution in [0.5, 0.6) is 5.75 Å². The Morgan fingerprint density at radius 3 is 2.54 bits per heavy atom. The zero-order valence-electron chi connectivity index (χ0n) is 14.3. The zero-order chi connectivity index (χ0) is 19.1. The summed E-state index contributed by atoms with van der Waals surface area (Å²) in [5, 5.41) is 23.2. The van der Waals surface area contributed by atoms with Crippen molar-refractivity contribution in [3.8, 4) is 11.8 Å². The lowest BCUT2D eigenvalue weighted by atomic mass is 10.0. The maximum Gasteiger partial charge on any atom is 0.333 e. The van der Waals surface area contributed by atoms with E-state index in [0.29, 0.717) is 23.6 Å². The van der Waals surface area contributed by atoms with Crippen molar-refractivity contribution in [1.29, 1.82) is 5.26 Å². The van der Waals surface area contributed by atoms with Crippen molar-refractivity contribution < 1.29 is 19.2 Å². The van der Waals surface area contributed by atoms with Crippen LogP contribution in [-0.2, 0) is 9.53 Å². The van der Waals surface area contributed by atoms with Gasteiger partial charge in [0.05, 0.1) is 35.8 Å². The smallest absolute Gasteiger partial charge is 0.333 e. The highest BCUT2D eigenvalue weighted by atomic mass is 16.6. The molecule has 0 fully saturated rings. The largest absolute Gasteiger partial charge is 0.494 e. The normalized spacial score (nSPS) is 11.1. The molecule has 26 heavy (non-hydrogen) atoms. The van der Waals surface area contributed by atoms with Gasteiger partial charge < -0.3 is 14.8 Å². The highest BCUT2D eigenvalue weighted by molar-refractivity contribution is 5.83. The second-order valence-corrected chi connectivity index (χ2v) is 5.20. The van der Waals surface area contributed by atoms with E-state index in [2.05, 4.69) is 5.32 Å². The standard InChI is InChI=1S/C18H17N3O5/c1-3-26-14-8-9-16(21(23)24)15(10-14)17(18(22)25-2)20-13-6-4-12(11-19)5-7-13/h4-10,17,20H,3H2,1-2H3. The number of nitrogens with one attached hydrogen (secondary N) is 1. The second kappa shape index (κ2) is 8.48. The van der Waals surface area contributed by atoms with Gasteiger partial charge in [-0.1, -0.05) is 0 Å². The fourth-order valence-corrected chi connectivity index (χ4v) is 2.38. The topological polar surface area (TPSA) is 114 Å². The Balaban J connectivity index is 2.48. The maximum absolute atomic E-state index is 12.3. The van der Waals surface area contributed by atoms with Crippen molar-refractivity contribution in [2.24, 2.45) is 0 Å². The molecule has 0 aromatic heterocycles. The molecule has 1 N–H and O–H groups in total. The first kappa shape index (κ1) is 18.7. The number of ether oxygens (including phenoxy) is 2. The predicted molar refractivity (Wildman–Crippen MR) is 93.8 cm³/mol. The Morgan fingerprint density at radius 1 is 1.31 bits per heavy atom. The monoisotopic (exact) mass is 355 g/mol. The van der Waals surface area contributed by atoms with E-state index in [-0.39, 0.29) is 11.3 Å². The molecule has 8 heteroatoms. The Bertz CT molecular complexity index is 843. The Hall–Kier alpha value is -3.60. The summed E-state index contributed by atoms with van der Waals surface area (Å²) < 4.78 is 10.2. The summed E-state index contributed by atoms with van der Waals surface area (Å²) in [4.78, 5) is 23.1.